The Kier molecular flexibility index (Phi) is 2.42. The van der Waals surface area contributed by atoms with E-state index in [4.69, 9.17) is 10.2 Å². The van der Waals surface area contributed by atoms with Gasteiger partial charge in [-0.25, -0.2) is 13.6 Å². The maximum absolute atomic E-state index is 12.7. The summed E-state index contributed by atoms with van der Waals surface area (Å²) in [7, 11) is 0. The lowest BCUT2D eigenvalue weighted by Gasteiger charge is -2.22. The van der Waals surface area contributed by atoms with Crippen molar-refractivity contribution in [3.63, 3.8) is 0 Å². The molecule has 1 aliphatic rings. The second kappa shape index (κ2) is 3.10. The Balaban J connectivity index is 2.77. The van der Waals surface area contributed by atoms with Crippen molar-refractivity contribution in [1.29, 1.82) is 0 Å². The number of carbonyl (C=O) groups is 1. The highest BCUT2D eigenvalue weighted by atomic mass is 19.3. The number of hydrogen-bond acceptors (Lipinski definition) is 2. The highest BCUT2D eigenvalue weighted by Crippen LogP contribution is 2.33. The molecule has 1 saturated heterocycles. The van der Waals surface area contributed by atoms with Gasteiger partial charge in [-0.3, -0.25) is 4.90 Å². The standard InChI is InChI=1S/C7H11F2NO3/c1-4(11)5-2-7(8,9)3-10(5)6(12)13/h4-5,11H,2-3H2,1H3,(H,12,13). The first-order valence-electron chi connectivity index (χ1n) is 3.89. The van der Waals surface area contributed by atoms with E-state index in [1.807, 2.05) is 0 Å². The van der Waals surface area contributed by atoms with Gasteiger partial charge in [-0.15, -0.1) is 0 Å². The smallest absolute Gasteiger partial charge is 0.407 e. The van der Waals surface area contributed by atoms with Crippen molar-refractivity contribution in [3.8, 4) is 0 Å². The molecule has 0 aliphatic carbocycles. The van der Waals surface area contributed by atoms with Crippen LogP contribution in [-0.2, 0) is 0 Å². The van der Waals surface area contributed by atoms with Gasteiger partial charge in [0.1, 0.15) is 0 Å². The van der Waals surface area contributed by atoms with Gasteiger partial charge in [-0.2, -0.15) is 0 Å². The lowest BCUT2D eigenvalue weighted by Crippen LogP contribution is -2.40. The molecule has 1 amide bonds. The molecule has 1 aliphatic heterocycles. The average Bonchev–Trinajstić information content (AvgIpc) is 2.26. The van der Waals surface area contributed by atoms with E-state index in [9.17, 15) is 13.6 Å². The molecule has 1 heterocycles. The minimum atomic E-state index is -3.01. The van der Waals surface area contributed by atoms with Gasteiger partial charge in [0, 0.05) is 6.42 Å². The van der Waals surface area contributed by atoms with Crippen molar-refractivity contribution in [2.24, 2.45) is 0 Å². The minimum Gasteiger partial charge on any atom is -0.465 e. The first kappa shape index (κ1) is 10.2. The van der Waals surface area contributed by atoms with Crippen molar-refractivity contribution < 1.29 is 23.8 Å². The van der Waals surface area contributed by atoms with Crippen molar-refractivity contribution in [3.05, 3.63) is 0 Å². The maximum Gasteiger partial charge on any atom is 0.407 e. The molecule has 0 bridgehead atoms. The van der Waals surface area contributed by atoms with Crippen molar-refractivity contribution in [2.45, 2.75) is 31.4 Å². The topological polar surface area (TPSA) is 60.8 Å². The third-order valence-electron chi connectivity index (χ3n) is 2.11. The lowest BCUT2D eigenvalue weighted by atomic mass is 10.1. The van der Waals surface area contributed by atoms with Crippen LogP contribution in [0.5, 0.6) is 0 Å². The molecule has 6 heteroatoms. The number of aliphatic hydroxyl groups is 1. The Morgan fingerprint density at radius 3 is 2.54 bits per heavy atom. The number of amides is 1. The zero-order chi connectivity index (χ0) is 10.2. The molecule has 2 atom stereocenters. The van der Waals surface area contributed by atoms with Crippen LogP contribution in [0.25, 0.3) is 0 Å². The number of aliphatic hydroxyl groups excluding tert-OH is 1. The second-order valence-electron chi connectivity index (χ2n) is 3.28. The number of alkyl halides is 2. The van der Waals surface area contributed by atoms with Gasteiger partial charge in [0.15, 0.2) is 0 Å². The zero-order valence-corrected chi connectivity index (χ0v) is 7.07. The largest absolute Gasteiger partial charge is 0.465 e. The Labute approximate surface area is 73.8 Å². The molecule has 4 nitrogen and oxygen atoms in total. The third kappa shape index (κ3) is 2.06. The molecule has 76 valence electrons. The molecule has 2 N–H and O–H groups in total. The monoisotopic (exact) mass is 195 g/mol. The molecule has 0 spiro atoms. The van der Waals surface area contributed by atoms with E-state index in [0.29, 0.717) is 4.90 Å². The number of carboxylic acid groups (broad SMARTS) is 1. The zero-order valence-electron chi connectivity index (χ0n) is 7.07. The first-order chi connectivity index (χ1) is 5.83. The Bertz CT molecular complexity index is 220. The summed E-state index contributed by atoms with van der Waals surface area (Å²) in [5.74, 6) is -3.01. The summed E-state index contributed by atoms with van der Waals surface area (Å²) >= 11 is 0. The summed E-state index contributed by atoms with van der Waals surface area (Å²) in [6.07, 6.45) is -3.08. The molecule has 2 unspecified atom stereocenters. The molecule has 13 heavy (non-hydrogen) atoms. The van der Waals surface area contributed by atoms with Crippen LogP contribution in [0.3, 0.4) is 0 Å². The van der Waals surface area contributed by atoms with Gasteiger partial charge >= 0.3 is 6.09 Å². The number of likely N-dealkylation sites (tertiary alicyclic amines) is 1. The molecule has 0 radical (unpaired) electrons. The SMILES string of the molecule is CC(O)C1CC(F)(F)CN1C(=O)O. The van der Waals surface area contributed by atoms with E-state index in [1.165, 1.54) is 6.92 Å². The van der Waals surface area contributed by atoms with Crippen molar-refractivity contribution in [1.82, 2.24) is 4.90 Å². The van der Waals surface area contributed by atoms with Crippen LogP contribution in [0.15, 0.2) is 0 Å². The maximum atomic E-state index is 12.7. The van der Waals surface area contributed by atoms with Gasteiger partial charge in [0.25, 0.3) is 5.92 Å². The fourth-order valence-corrected chi connectivity index (χ4v) is 1.49. The quantitative estimate of drug-likeness (QED) is 0.649. The normalized spacial score (nSPS) is 28.9. The average molecular weight is 195 g/mol. The van der Waals surface area contributed by atoms with Crippen molar-refractivity contribution >= 4 is 6.09 Å². The fourth-order valence-electron chi connectivity index (χ4n) is 1.49. The van der Waals surface area contributed by atoms with Crippen LogP contribution in [0, 0.1) is 0 Å². The molecular formula is C7H11F2NO3. The summed E-state index contributed by atoms with van der Waals surface area (Å²) in [4.78, 5) is 11.1. The summed E-state index contributed by atoms with van der Waals surface area (Å²) in [5, 5.41) is 17.6. The Morgan fingerprint density at radius 1 is 1.69 bits per heavy atom. The van der Waals surface area contributed by atoms with Crippen LogP contribution >= 0.6 is 0 Å². The second-order valence-corrected chi connectivity index (χ2v) is 3.28. The van der Waals surface area contributed by atoms with Crippen LogP contribution in [0.4, 0.5) is 13.6 Å². The lowest BCUT2D eigenvalue weighted by molar-refractivity contribution is 0.0115. The highest BCUT2D eigenvalue weighted by molar-refractivity contribution is 5.66. The molecule has 0 aromatic carbocycles. The number of rotatable bonds is 1. The number of hydrogen-bond donors (Lipinski definition) is 2. The third-order valence-corrected chi connectivity index (χ3v) is 2.11. The summed E-state index contributed by atoms with van der Waals surface area (Å²) in [6.45, 7) is 0.486. The predicted molar refractivity (Wildman–Crippen MR) is 39.8 cm³/mol. The fraction of sp³-hybridized carbons (Fsp3) is 0.857. The Morgan fingerprint density at radius 2 is 2.23 bits per heavy atom. The molecule has 1 fully saturated rings. The molecule has 0 aromatic heterocycles. The van der Waals surface area contributed by atoms with E-state index < -0.39 is 37.1 Å². The number of nitrogens with zero attached hydrogens (tertiary/aromatic N) is 1. The van der Waals surface area contributed by atoms with Crippen LogP contribution in [0.1, 0.15) is 13.3 Å². The molecular weight excluding hydrogens is 184 g/mol. The summed E-state index contributed by atoms with van der Waals surface area (Å²) < 4.78 is 25.5. The molecule has 0 saturated carbocycles. The summed E-state index contributed by atoms with van der Waals surface area (Å²) in [5.41, 5.74) is 0. The van der Waals surface area contributed by atoms with Crippen LogP contribution in [0.2, 0.25) is 0 Å². The van der Waals surface area contributed by atoms with Gasteiger partial charge in [0.05, 0.1) is 18.7 Å². The van der Waals surface area contributed by atoms with E-state index in [-0.39, 0.29) is 0 Å². The highest BCUT2D eigenvalue weighted by Gasteiger charge is 2.48. The minimum absolute atomic E-state index is 0.588. The predicted octanol–water partition coefficient (Wildman–Crippen LogP) is 0.755. The van der Waals surface area contributed by atoms with Crippen molar-refractivity contribution in [2.75, 3.05) is 6.54 Å². The number of halogens is 2. The van der Waals surface area contributed by atoms with E-state index in [1.54, 1.807) is 0 Å². The summed E-state index contributed by atoms with van der Waals surface area (Å²) in [6, 6.07) is -0.993. The van der Waals surface area contributed by atoms with Gasteiger partial charge in [-0.1, -0.05) is 0 Å². The van der Waals surface area contributed by atoms with E-state index in [2.05, 4.69) is 0 Å². The molecule has 1 rings (SSSR count). The Hall–Kier alpha value is -0.910. The first-order valence-corrected chi connectivity index (χ1v) is 3.89. The van der Waals surface area contributed by atoms with Crippen LogP contribution in [-0.4, -0.2) is 45.8 Å². The van der Waals surface area contributed by atoms with Crippen LogP contribution < -0.4 is 0 Å². The van der Waals surface area contributed by atoms with Gasteiger partial charge in [0.2, 0.25) is 0 Å². The van der Waals surface area contributed by atoms with Gasteiger partial charge < -0.3 is 10.2 Å². The van der Waals surface area contributed by atoms with E-state index >= 15 is 0 Å². The van der Waals surface area contributed by atoms with Gasteiger partial charge in [-0.05, 0) is 6.92 Å². The molecule has 0 aromatic rings. The van der Waals surface area contributed by atoms with E-state index in [0.717, 1.165) is 0 Å².